The predicted octanol–water partition coefficient (Wildman–Crippen LogP) is 2.85. The molecular formula is C23H22N7O2. The van der Waals surface area contributed by atoms with Crippen LogP contribution in [-0.4, -0.2) is 32.0 Å². The number of anilines is 2. The highest BCUT2D eigenvalue weighted by Crippen LogP contribution is 2.45. The third-order valence-electron chi connectivity index (χ3n) is 5.96. The Kier molecular flexibility index (Phi) is 4.17. The molecule has 32 heavy (non-hydrogen) atoms. The Hall–Kier alpha value is -3.88. The van der Waals surface area contributed by atoms with Gasteiger partial charge in [-0.3, -0.25) is 9.78 Å². The minimum atomic E-state index is -0.275. The monoisotopic (exact) mass is 428 g/mol. The number of imidazole rings is 1. The molecule has 161 valence electrons. The molecule has 0 saturated heterocycles. The highest BCUT2D eigenvalue weighted by Gasteiger charge is 2.39. The number of primary amides is 1. The molecule has 5 N–H and O–H groups in total. The van der Waals surface area contributed by atoms with E-state index in [1.54, 1.807) is 6.20 Å². The number of nitrogens with two attached hydrogens (primary N) is 2. The maximum absolute atomic E-state index is 11.2. The van der Waals surface area contributed by atoms with Crippen molar-refractivity contribution in [1.82, 2.24) is 19.5 Å². The Bertz CT molecular complexity index is 1380. The second-order valence-corrected chi connectivity index (χ2v) is 8.35. The van der Waals surface area contributed by atoms with E-state index in [1.807, 2.05) is 30.3 Å². The fraction of sp³-hybridized carbons (Fsp3) is 0.261. The summed E-state index contributed by atoms with van der Waals surface area (Å²) < 4.78 is 8.28. The van der Waals surface area contributed by atoms with Gasteiger partial charge in [-0.15, -0.1) is 0 Å². The summed E-state index contributed by atoms with van der Waals surface area (Å²) in [6.45, 7) is 1.46. The van der Waals surface area contributed by atoms with Crippen LogP contribution in [0.1, 0.15) is 19.3 Å². The number of fused-ring (bicyclic) bond motifs is 1. The van der Waals surface area contributed by atoms with E-state index in [9.17, 15) is 4.79 Å². The third kappa shape index (κ3) is 3.26. The number of hydrogen-bond acceptors (Lipinski definition) is 7. The topological polar surface area (TPSA) is 134 Å². The van der Waals surface area contributed by atoms with E-state index in [4.69, 9.17) is 21.2 Å². The van der Waals surface area contributed by atoms with E-state index in [0.29, 0.717) is 18.8 Å². The zero-order valence-corrected chi connectivity index (χ0v) is 17.3. The van der Waals surface area contributed by atoms with Gasteiger partial charge in [-0.25, -0.2) is 9.97 Å². The van der Waals surface area contributed by atoms with Crippen molar-refractivity contribution < 1.29 is 9.53 Å². The first kappa shape index (κ1) is 18.9. The molecule has 1 radical (unpaired) electrons. The molecule has 2 aliphatic rings. The van der Waals surface area contributed by atoms with Crippen LogP contribution in [0.5, 0.6) is 5.75 Å². The number of rotatable bonds is 5. The van der Waals surface area contributed by atoms with Gasteiger partial charge in [0.2, 0.25) is 5.91 Å². The van der Waals surface area contributed by atoms with Gasteiger partial charge < -0.3 is 26.1 Å². The Morgan fingerprint density at radius 1 is 1.19 bits per heavy atom. The zero-order valence-electron chi connectivity index (χ0n) is 17.3. The van der Waals surface area contributed by atoms with Gasteiger partial charge in [-0.05, 0) is 43.0 Å². The van der Waals surface area contributed by atoms with Crippen molar-refractivity contribution in [3.8, 4) is 17.1 Å². The number of aryl methyl sites for hydroxylation is 1. The van der Waals surface area contributed by atoms with Gasteiger partial charge >= 0.3 is 0 Å². The van der Waals surface area contributed by atoms with E-state index < -0.39 is 0 Å². The van der Waals surface area contributed by atoms with Crippen LogP contribution in [0.2, 0.25) is 0 Å². The molecule has 6 rings (SSSR count). The van der Waals surface area contributed by atoms with Crippen LogP contribution in [0.25, 0.3) is 33.5 Å². The molecule has 4 aromatic rings. The first-order valence-electron chi connectivity index (χ1n) is 10.7. The van der Waals surface area contributed by atoms with Gasteiger partial charge in [0.05, 0.1) is 35.4 Å². The summed E-state index contributed by atoms with van der Waals surface area (Å²) >= 11 is 0. The Morgan fingerprint density at radius 3 is 2.97 bits per heavy atom. The number of amides is 1. The summed E-state index contributed by atoms with van der Waals surface area (Å²) in [6, 6.07) is 11.1. The summed E-state index contributed by atoms with van der Waals surface area (Å²) in [7, 11) is 0. The second kappa shape index (κ2) is 7.08. The lowest BCUT2D eigenvalue weighted by atomic mass is 10.2. The Morgan fingerprint density at radius 2 is 2.09 bits per heavy atom. The van der Waals surface area contributed by atoms with Gasteiger partial charge in [0, 0.05) is 30.3 Å². The quantitative estimate of drug-likeness (QED) is 0.445. The van der Waals surface area contributed by atoms with Crippen LogP contribution in [0.3, 0.4) is 0 Å². The van der Waals surface area contributed by atoms with E-state index in [2.05, 4.69) is 19.9 Å². The van der Waals surface area contributed by atoms with Crippen molar-refractivity contribution >= 4 is 39.5 Å². The lowest BCUT2D eigenvalue weighted by Gasteiger charge is -2.10. The molecule has 2 aromatic carbocycles. The van der Waals surface area contributed by atoms with Gasteiger partial charge in [0.25, 0.3) is 0 Å². The predicted molar refractivity (Wildman–Crippen MR) is 122 cm³/mol. The van der Waals surface area contributed by atoms with Crippen molar-refractivity contribution in [2.24, 2.45) is 11.7 Å². The zero-order chi connectivity index (χ0) is 21.8. The third-order valence-corrected chi connectivity index (χ3v) is 5.96. The first-order valence-corrected chi connectivity index (χ1v) is 10.7. The number of carbonyl (C=O) groups is 1. The molecule has 9 nitrogen and oxygen atoms in total. The first-order chi connectivity index (χ1) is 15.5. The number of nitrogen functional groups attached to an aromatic ring is 1. The maximum Gasteiger partial charge on any atom is 0.217 e. The molecule has 0 unspecified atom stereocenters. The number of nitrogens with one attached hydrogen (secondary N) is 1. The molecule has 1 atom stereocenters. The largest absolute Gasteiger partial charge is 0.491 e. The van der Waals surface area contributed by atoms with Crippen molar-refractivity contribution in [3.63, 3.8) is 0 Å². The maximum atomic E-state index is 11.2. The standard InChI is InChI=1S/C23H22N7O2/c24-20-11-26-17-6-12(2-3-15(17)28-20)23-29-18-9-14(27-16-7-13(16)8-21(25)31)10-19-22(18)30(23)4-1-5-32-19/h2-3,6,9-11,13,27H,1,4-5,7-8H2,(H2,24,28)(H2,25,31)/t13-/m0/s1. The average molecular weight is 428 g/mol. The molecule has 0 spiro atoms. The number of carbonyl (C=O) groups excluding carboxylic acids is 1. The number of nitrogens with zero attached hydrogens (tertiary/aromatic N) is 4. The normalized spacial score (nSPS) is 17.8. The van der Waals surface area contributed by atoms with Crippen molar-refractivity contribution in [2.45, 2.75) is 25.8 Å². The smallest absolute Gasteiger partial charge is 0.217 e. The van der Waals surface area contributed by atoms with Crippen molar-refractivity contribution in [3.05, 3.63) is 42.6 Å². The van der Waals surface area contributed by atoms with Crippen LogP contribution in [0.4, 0.5) is 11.5 Å². The van der Waals surface area contributed by atoms with Gasteiger partial charge in [-0.1, -0.05) is 0 Å². The Labute approximate surface area is 183 Å². The summed E-state index contributed by atoms with van der Waals surface area (Å²) in [5.41, 5.74) is 16.3. The van der Waals surface area contributed by atoms with Gasteiger partial charge in [0.15, 0.2) is 0 Å². The summed E-state index contributed by atoms with van der Waals surface area (Å²) in [4.78, 5) is 24.9. The molecule has 1 amide bonds. The second-order valence-electron chi connectivity index (χ2n) is 8.35. The van der Waals surface area contributed by atoms with E-state index in [1.165, 1.54) is 0 Å². The van der Waals surface area contributed by atoms with Gasteiger partial charge in [-0.2, -0.15) is 0 Å². The molecule has 1 aliphatic carbocycles. The number of aromatic nitrogens is 4. The molecule has 1 aliphatic heterocycles. The SMILES string of the molecule is NC(=O)C[C@@H]1C[C]1Nc1cc2c3c(c1)nc(-c1ccc4nc(N)cnc4c1)n3CCCO2. The average Bonchev–Trinajstić information content (AvgIpc) is 3.42. The fourth-order valence-electron chi connectivity index (χ4n) is 4.40. The molecule has 1 fully saturated rings. The minimum Gasteiger partial charge on any atom is -0.491 e. The summed E-state index contributed by atoms with van der Waals surface area (Å²) in [5, 5.41) is 3.43. The van der Waals surface area contributed by atoms with Crippen molar-refractivity contribution in [2.75, 3.05) is 17.7 Å². The van der Waals surface area contributed by atoms with Gasteiger partial charge in [0.1, 0.15) is 22.9 Å². The summed E-state index contributed by atoms with van der Waals surface area (Å²) in [5.74, 6) is 2.02. The molecular weight excluding hydrogens is 406 g/mol. The summed E-state index contributed by atoms with van der Waals surface area (Å²) in [6.07, 6.45) is 3.69. The van der Waals surface area contributed by atoms with E-state index >= 15 is 0 Å². The lowest BCUT2D eigenvalue weighted by molar-refractivity contribution is -0.118. The number of ether oxygens (including phenoxy) is 1. The van der Waals surface area contributed by atoms with E-state index in [0.717, 1.165) is 70.3 Å². The Balaban J connectivity index is 1.41. The number of benzene rings is 2. The molecule has 9 heteroatoms. The lowest BCUT2D eigenvalue weighted by Crippen LogP contribution is -2.12. The van der Waals surface area contributed by atoms with Crippen LogP contribution in [0.15, 0.2) is 36.5 Å². The van der Waals surface area contributed by atoms with Crippen LogP contribution < -0.4 is 21.5 Å². The van der Waals surface area contributed by atoms with Crippen LogP contribution >= 0.6 is 0 Å². The fourth-order valence-corrected chi connectivity index (χ4v) is 4.40. The van der Waals surface area contributed by atoms with E-state index in [-0.39, 0.29) is 11.8 Å². The van der Waals surface area contributed by atoms with Crippen molar-refractivity contribution in [1.29, 1.82) is 0 Å². The number of hydrogen-bond donors (Lipinski definition) is 3. The van der Waals surface area contributed by atoms with Crippen LogP contribution in [0, 0.1) is 12.0 Å². The highest BCUT2D eigenvalue weighted by molar-refractivity contribution is 5.91. The molecule has 3 heterocycles. The molecule has 1 saturated carbocycles. The molecule has 2 aromatic heterocycles. The molecule has 0 bridgehead atoms. The minimum absolute atomic E-state index is 0.212. The van der Waals surface area contributed by atoms with Crippen LogP contribution in [-0.2, 0) is 11.3 Å². The highest BCUT2D eigenvalue weighted by atomic mass is 16.5.